The van der Waals surface area contributed by atoms with Gasteiger partial charge < -0.3 is 9.47 Å². The highest BCUT2D eigenvalue weighted by Gasteiger charge is 2.27. The van der Waals surface area contributed by atoms with E-state index in [-0.39, 0.29) is 76.5 Å². The van der Waals surface area contributed by atoms with Crippen LogP contribution in [0.15, 0.2) is 177 Å². The first kappa shape index (κ1) is 64.4. The highest BCUT2D eigenvalue weighted by molar-refractivity contribution is 6.03. The summed E-state index contributed by atoms with van der Waals surface area (Å²) in [7, 11) is 7.67. The van der Waals surface area contributed by atoms with Gasteiger partial charge in [0, 0.05) is 97.3 Å². The molecule has 12 aromatic heterocycles. The van der Waals surface area contributed by atoms with Gasteiger partial charge in [0.2, 0.25) is 0 Å². The van der Waals surface area contributed by atoms with Crippen molar-refractivity contribution in [2.24, 2.45) is 21.1 Å². The van der Waals surface area contributed by atoms with E-state index >= 15 is 0 Å². The lowest BCUT2D eigenvalue weighted by molar-refractivity contribution is 0.0975. The number of ether oxygens (including phenoxy) is 2. The van der Waals surface area contributed by atoms with Gasteiger partial charge >= 0.3 is 12.0 Å². The molecule has 0 spiro atoms. The average molecular weight is 1330 g/mol. The van der Waals surface area contributed by atoms with Gasteiger partial charge in [0.15, 0.2) is 57.6 Å². The fraction of sp³-hybridized carbons (Fsp3) is 0.130. The normalized spacial score (nSPS) is 11.2. The summed E-state index contributed by atoms with van der Waals surface area (Å²) >= 11 is 0. The van der Waals surface area contributed by atoms with E-state index in [1.165, 1.54) is 92.0 Å². The van der Waals surface area contributed by atoms with Crippen LogP contribution in [-0.2, 0) is 40.4 Å². The van der Waals surface area contributed by atoms with E-state index in [2.05, 4.69) is 75.4 Å². The lowest BCUT2D eigenvalue weighted by atomic mass is 10.0. The summed E-state index contributed by atoms with van der Waals surface area (Å²) in [5.41, 5.74) is 7.23. The maximum Gasteiger partial charge on any atom is 0.316 e. The molecular formula is C69H53F4N21O5. The summed E-state index contributed by atoms with van der Waals surface area (Å²) in [6, 6.07) is 36.2. The van der Waals surface area contributed by atoms with Gasteiger partial charge in [-0.2, -0.15) is 25.3 Å². The minimum absolute atomic E-state index is 0.0591. The lowest BCUT2D eigenvalue weighted by Gasteiger charge is -2.08. The van der Waals surface area contributed by atoms with Gasteiger partial charge in [0.1, 0.15) is 46.1 Å². The third-order valence-corrected chi connectivity index (χ3v) is 15.6. The van der Waals surface area contributed by atoms with Crippen molar-refractivity contribution in [2.75, 3.05) is 14.2 Å². The van der Waals surface area contributed by atoms with Crippen LogP contribution in [0.1, 0.15) is 54.0 Å². The van der Waals surface area contributed by atoms with Gasteiger partial charge in [-0.3, -0.25) is 28.4 Å². The topological polar surface area (TPSA) is 291 Å². The zero-order chi connectivity index (χ0) is 69.0. The largest absolute Gasteiger partial charge is 0.467 e. The average Bonchev–Trinajstić information content (AvgIpc) is 1.70. The second-order valence-corrected chi connectivity index (χ2v) is 22.1. The summed E-state index contributed by atoms with van der Waals surface area (Å²) in [5.74, 6) is -1.52. The van der Waals surface area contributed by atoms with Crippen LogP contribution in [0.25, 0.3) is 84.9 Å². The molecule has 30 heteroatoms. The molecule has 0 fully saturated rings. The molecule has 15 aromatic rings. The Labute approximate surface area is 558 Å². The first-order chi connectivity index (χ1) is 48.0. The summed E-state index contributed by atoms with van der Waals surface area (Å²) < 4.78 is 77.3. The molecule has 0 aliphatic heterocycles. The predicted octanol–water partition coefficient (Wildman–Crippen LogP) is 9.92. The minimum atomic E-state index is -0.743. The number of aryl methyl sites for hydroxylation is 4. The number of Topliss-reactive ketones (excluding diaryl/α,β-unsaturated/α-hetero) is 3. The second kappa shape index (κ2) is 27.6. The van der Waals surface area contributed by atoms with Crippen LogP contribution in [0.3, 0.4) is 0 Å². The van der Waals surface area contributed by atoms with Crippen molar-refractivity contribution in [3.63, 3.8) is 0 Å². The Bertz CT molecular complexity index is 5540. The van der Waals surface area contributed by atoms with Gasteiger partial charge in [-0.1, -0.05) is 91.0 Å². The van der Waals surface area contributed by atoms with Crippen molar-refractivity contribution in [3.8, 4) is 80.0 Å². The smallest absolute Gasteiger partial charge is 0.316 e. The molecule has 0 aliphatic rings. The number of methoxy groups -OCH3 is 2. The number of halogens is 4. The van der Waals surface area contributed by atoms with Crippen molar-refractivity contribution >= 4 is 34.3 Å². The molecule has 99 heavy (non-hydrogen) atoms. The molecule has 0 radical (unpaired) electrons. The van der Waals surface area contributed by atoms with Crippen LogP contribution in [0.4, 0.5) is 17.6 Å². The third-order valence-electron chi connectivity index (χ3n) is 15.6. The highest BCUT2D eigenvalue weighted by atomic mass is 19.1. The second-order valence-electron chi connectivity index (χ2n) is 22.1. The number of benzene rings is 3. The number of rotatable bonds is 17. The highest BCUT2D eigenvalue weighted by Crippen LogP contribution is 2.30. The molecule has 0 saturated heterocycles. The molecule has 0 N–H and O–H groups in total. The summed E-state index contributed by atoms with van der Waals surface area (Å²) in [5, 5.41) is 25.5. The molecule has 0 atom stereocenters. The van der Waals surface area contributed by atoms with E-state index in [1.54, 1.807) is 57.8 Å². The molecule has 12 heterocycles. The van der Waals surface area contributed by atoms with E-state index < -0.39 is 29.1 Å². The molecule has 0 saturated carbocycles. The molecule has 15 rings (SSSR count). The van der Waals surface area contributed by atoms with Crippen LogP contribution in [0, 0.1) is 30.2 Å². The molecule has 3 aromatic carbocycles. The van der Waals surface area contributed by atoms with Gasteiger partial charge in [-0.25, -0.2) is 66.0 Å². The quantitative estimate of drug-likeness (QED) is 0.0605. The van der Waals surface area contributed by atoms with Crippen molar-refractivity contribution in [3.05, 3.63) is 240 Å². The van der Waals surface area contributed by atoms with Gasteiger partial charge in [-0.05, 0) is 37.3 Å². The Morgan fingerprint density at radius 1 is 0.414 bits per heavy atom. The fourth-order valence-electron chi connectivity index (χ4n) is 10.8. The van der Waals surface area contributed by atoms with Crippen LogP contribution in [-0.4, -0.2) is 135 Å². The summed E-state index contributed by atoms with van der Waals surface area (Å²) in [6.45, 7) is 1.77. The first-order valence-electron chi connectivity index (χ1n) is 30.2. The number of hydrogen-bond acceptors (Lipinski definition) is 20. The van der Waals surface area contributed by atoms with E-state index in [0.717, 1.165) is 22.9 Å². The Morgan fingerprint density at radius 2 is 0.778 bits per heavy atom. The first-order valence-corrected chi connectivity index (χ1v) is 30.2. The van der Waals surface area contributed by atoms with Gasteiger partial charge in [-0.15, -0.1) is 15.3 Å². The monoisotopic (exact) mass is 1330 g/mol. The standard InChI is InChI=1S/C23H17F2N7O2.C23H18FN7O2.C23H18FN7O/c1-31-21(15(10-27-31)20-16(24)11-26-23(29-20)34-2)18(33)8-14-9-19-28-22(13-6-4-3-5-7-13)30-32(19)12-17(14)25;1-30-21(16(12-26-30)18-8-9-25-23(27-18)33-2)19(32)10-15-11-20-28-22(14-6-4-3-5-7-14)29-31(20)13-17(15)24;1-14-25-9-8-19(27-14)17-12-26-30(2)22(17)20(32)10-16-11-21-28-23(15-6-4-3-5-7-15)29-31(21)13-18(16)24/h3-7,9-12H,8H2,1-2H3;3-9,11-13H,10H2,1-2H3;3-9,11-13H,10H2,1-2H3. The van der Waals surface area contributed by atoms with Crippen LogP contribution >= 0.6 is 0 Å². The molecule has 26 nitrogen and oxygen atoms in total. The zero-order valence-electron chi connectivity index (χ0n) is 53.3. The van der Waals surface area contributed by atoms with E-state index in [4.69, 9.17) is 9.47 Å². The van der Waals surface area contributed by atoms with Crippen molar-refractivity contribution in [1.82, 2.24) is 103 Å². The summed E-state index contributed by atoms with van der Waals surface area (Å²) in [4.78, 5) is 77.5. The molecule has 0 aliphatic carbocycles. The third kappa shape index (κ3) is 13.6. The van der Waals surface area contributed by atoms with Gasteiger partial charge in [0.05, 0.1) is 74.5 Å². The van der Waals surface area contributed by atoms with Crippen LogP contribution in [0.5, 0.6) is 12.0 Å². The number of ketones is 3. The number of carbonyl (C=O) groups is 3. The van der Waals surface area contributed by atoms with E-state index in [9.17, 15) is 31.9 Å². The number of nitrogens with zero attached hydrogens (tertiary/aromatic N) is 21. The number of carbonyl (C=O) groups excluding carboxylic acids is 3. The molecular weight excluding hydrogens is 1280 g/mol. The molecule has 0 unspecified atom stereocenters. The molecule has 492 valence electrons. The minimum Gasteiger partial charge on any atom is -0.467 e. The van der Waals surface area contributed by atoms with Crippen molar-refractivity contribution in [1.29, 1.82) is 0 Å². The Morgan fingerprint density at radius 3 is 1.17 bits per heavy atom. The molecule has 0 bridgehead atoms. The molecule has 0 amide bonds. The number of aromatic nitrogens is 21. The Kier molecular flexibility index (Phi) is 18.0. The van der Waals surface area contributed by atoms with E-state index in [1.807, 2.05) is 91.0 Å². The van der Waals surface area contributed by atoms with Crippen molar-refractivity contribution < 1.29 is 41.4 Å². The number of hydrogen-bond donors (Lipinski definition) is 0. The predicted molar refractivity (Wildman–Crippen MR) is 350 cm³/mol. The summed E-state index contributed by atoms with van der Waals surface area (Å²) in [6.07, 6.45) is 11.6. The SMILES string of the molecule is COc1ncc(F)c(-c2cnn(C)c2C(=O)Cc2cc3nc(-c4ccccc4)nn3cc2F)n1.COc1nccc(-c2cnn(C)c2C(=O)Cc2cc3nc(-c4ccccc4)nn3cc2F)n1.Cc1nccc(-c2cnn(C)c2C(=O)Cc2cc3nc(-c4ccccc4)nn3cc2F)n1. The maximum atomic E-state index is 14.9. The number of fused-ring (bicyclic) bond motifs is 3. The van der Waals surface area contributed by atoms with Crippen LogP contribution < -0.4 is 9.47 Å². The Hall–Kier alpha value is -13.3. The maximum absolute atomic E-state index is 14.9. The van der Waals surface area contributed by atoms with E-state index in [0.29, 0.717) is 74.1 Å². The van der Waals surface area contributed by atoms with Gasteiger partial charge in [0.25, 0.3) is 0 Å². The Balaban J connectivity index is 0.000000133. The fourth-order valence-corrected chi connectivity index (χ4v) is 10.8. The van der Waals surface area contributed by atoms with Crippen molar-refractivity contribution in [2.45, 2.75) is 26.2 Å². The zero-order valence-corrected chi connectivity index (χ0v) is 53.3. The van der Waals surface area contributed by atoms with Crippen LogP contribution in [0.2, 0.25) is 0 Å². The lowest BCUT2D eigenvalue weighted by Crippen LogP contribution is -2.13. The number of pyridine rings is 3.